The first-order valence-electron chi connectivity index (χ1n) is 12.3. The number of rotatable bonds is 9. The van der Waals surface area contributed by atoms with E-state index < -0.39 is 5.82 Å². The second kappa shape index (κ2) is 11.6. The molecule has 8 nitrogen and oxygen atoms in total. The van der Waals surface area contributed by atoms with Crippen molar-refractivity contribution in [3.8, 4) is 11.5 Å². The van der Waals surface area contributed by atoms with Gasteiger partial charge in [-0.05, 0) is 30.7 Å². The molecule has 1 aromatic heterocycles. The van der Waals surface area contributed by atoms with Crippen molar-refractivity contribution >= 4 is 34.0 Å². The summed E-state index contributed by atoms with van der Waals surface area (Å²) in [5.41, 5.74) is 1.31. The molecule has 2 fully saturated rings. The van der Waals surface area contributed by atoms with Crippen LogP contribution in [0.3, 0.4) is 0 Å². The maximum atomic E-state index is 13.6. The summed E-state index contributed by atoms with van der Waals surface area (Å²) in [6.45, 7) is 6.38. The molecule has 0 radical (unpaired) electrons. The van der Waals surface area contributed by atoms with Gasteiger partial charge in [-0.3, -0.25) is 4.90 Å². The van der Waals surface area contributed by atoms with E-state index in [2.05, 4.69) is 27.1 Å². The molecule has 2 aliphatic heterocycles. The van der Waals surface area contributed by atoms with E-state index in [1.807, 2.05) is 12.1 Å². The van der Waals surface area contributed by atoms with Gasteiger partial charge < -0.3 is 24.3 Å². The molecule has 0 amide bonds. The van der Waals surface area contributed by atoms with E-state index in [0.717, 1.165) is 37.7 Å². The molecule has 2 unspecified atom stereocenters. The fourth-order valence-corrected chi connectivity index (χ4v) is 4.60. The highest BCUT2D eigenvalue weighted by Crippen LogP contribution is 2.37. The predicted octanol–water partition coefficient (Wildman–Crippen LogP) is 5.17. The number of nitrogens with one attached hydrogen (secondary N) is 1. The number of nitrogens with zero attached hydrogens (tertiary/aromatic N) is 3. The van der Waals surface area contributed by atoms with Crippen molar-refractivity contribution in [2.75, 3.05) is 44.8 Å². The Bertz CT molecular complexity index is 1190. The lowest BCUT2D eigenvalue weighted by Gasteiger charge is -2.34. The van der Waals surface area contributed by atoms with E-state index in [1.54, 1.807) is 6.07 Å². The molecular weight excluding hydrogens is 487 g/mol. The van der Waals surface area contributed by atoms with Crippen LogP contribution in [-0.2, 0) is 9.47 Å². The van der Waals surface area contributed by atoms with Crippen LogP contribution in [0, 0.1) is 5.82 Å². The average molecular weight is 517 g/mol. The largest absolute Gasteiger partial charge is 0.484 e. The van der Waals surface area contributed by atoms with Gasteiger partial charge in [0, 0.05) is 36.7 Å². The molecule has 2 atom stereocenters. The summed E-state index contributed by atoms with van der Waals surface area (Å²) in [5, 5.41) is 4.00. The smallest absolute Gasteiger partial charge is 0.165 e. The van der Waals surface area contributed by atoms with E-state index >= 15 is 0 Å². The third-order valence-electron chi connectivity index (χ3n) is 6.32. The van der Waals surface area contributed by atoms with Gasteiger partial charge in [-0.1, -0.05) is 24.9 Å². The monoisotopic (exact) mass is 516 g/mol. The lowest BCUT2D eigenvalue weighted by Crippen LogP contribution is -2.46. The number of hydrogen-bond donors (Lipinski definition) is 1. The van der Waals surface area contributed by atoms with E-state index in [4.69, 9.17) is 30.5 Å². The summed E-state index contributed by atoms with van der Waals surface area (Å²) >= 11 is 5.97. The van der Waals surface area contributed by atoms with Crippen LogP contribution < -0.4 is 14.8 Å². The summed E-state index contributed by atoms with van der Waals surface area (Å²) in [4.78, 5) is 11.2. The highest BCUT2D eigenvalue weighted by Gasteiger charge is 2.26. The summed E-state index contributed by atoms with van der Waals surface area (Å²) in [7, 11) is 0. The summed E-state index contributed by atoms with van der Waals surface area (Å²) in [6.07, 6.45) is 4.00. The molecule has 5 rings (SSSR count). The summed E-state index contributed by atoms with van der Waals surface area (Å²) in [5.74, 6) is 1.32. The Morgan fingerprint density at radius 2 is 2.00 bits per heavy atom. The SMILES string of the molecule is CCCC(Oc1cc2ncnc(Nc3ccc(F)c(Cl)c3)c2cc1OC1CCOC1)N1CCOCC1. The number of halogens is 2. The minimum absolute atomic E-state index is 0.0318. The van der Waals surface area contributed by atoms with Crippen molar-refractivity contribution in [2.24, 2.45) is 0 Å². The molecule has 0 bridgehead atoms. The number of ether oxygens (including phenoxy) is 4. The van der Waals surface area contributed by atoms with E-state index in [0.29, 0.717) is 54.9 Å². The van der Waals surface area contributed by atoms with Crippen LogP contribution in [-0.4, -0.2) is 66.7 Å². The van der Waals surface area contributed by atoms with Gasteiger partial charge in [-0.25, -0.2) is 14.4 Å². The van der Waals surface area contributed by atoms with E-state index in [9.17, 15) is 4.39 Å². The first kappa shape index (κ1) is 25.0. The van der Waals surface area contributed by atoms with Gasteiger partial charge in [-0.2, -0.15) is 0 Å². The predicted molar refractivity (Wildman–Crippen MR) is 136 cm³/mol. The molecule has 2 aliphatic rings. The second-order valence-corrected chi connectivity index (χ2v) is 9.31. The molecule has 2 saturated heterocycles. The molecule has 36 heavy (non-hydrogen) atoms. The average Bonchev–Trinajstić information content (AvgIpc) is 3.40. The Labute approximate surface area is 214 Å². The first-order valence-corrected chi connectivity index (χ1v) is 12.7. The molecule has 2 aromatic carbocycles. The van der Waals surface area contributed by atoms with Crippen LogP contribution in [0.25, 0.3) is 10.9 Å². The normalized spacial score (nSPS) is 19.4. The fourth-order valence-electron chi connectivity index (χ4n) is 4.42. The van der Waals surface area contributed by atoms with Gasteiger partial charge in [0.15, 0.2) is 17.7 Å². The Morgan fingerprint density at radius 1 is 1.14 bits per heavy atom. The highest BCUT2D eigenvalue weighted by atomic mass is 35.5. The molecular formula is C26H30ClFN4O4. The number of morpholine rings is 1. The lowest BCUT2D eigenvalue weighted by molar-refractivity contribution is -0.0501. The maximum Gasteiger partial charge on any atom is 0.165 e. The van der Waals surface area contributed by atoms with Gasteiger partial charge >= 0.3 is 0 Å². The zero-order chi connectivity index (χ0) is 24.9. The van der Waals surface area contributed by atoms with E-state index in [1.165, 1.54) is 18.5 Å². The Kier molecular flexibility index (Phi) is 8.01. The minimum Gasteiger partial charge on any atom is -0.484 e. The molecule has 3 aromatic rings. The van der Waals surface area contributed by atoms with Crippen molar-refractivity contribution in [1.82, 2.24) is 14.9 Å². The number of fused-ring (bicyclic) bond motifs is 1. The fraction of sp³-hybridized carbons (Fsp3) is 0.462. The molecule has 0 saturated carbocycles. The Hall–Kier alpha value is -2.72. The number of anilines is 2. The third-order valence-corrected chi connectivity index (χ3v) is 6.61. The second-order valence-electron chi connectivity index (χ2n) is 8.91. The molecule has 3 heterocycles. The molecule has 0 spiro atoms. The summed E-state index contributed by atoms with van der Waals surface area (Å²) in [6, 6.07) is 8.24. The van der Waals surface area contributed by atoms with Crippen LogP contribution in [0.15, 0.2) is 36.7 Å². The van der Waals surface area contributed by atoms with Gasteiger partial charge in [-0.15, -0.1) is 0 Å². The van der Waals surface area contributed by atoms with Crippen LogP contribution >= 0.6 is 11.6 Å². The lowest BCUT2D eigenvalue weighted by atomic mass is 10.2. The molecule has 0 aliphatic carbocycles. The van der Waals surface area contributed by atoms with Crippen LogP contribution in [0.2, 0.25) is 5.02 Å². The molecule has 1 N–H and O–H groups in total. The van der Waals surface area contributed by atoms with Gasteiger partial charge in [0.05, 0.1) is 37.0 Å². The van der Waals surface area contributed by atoms with Crippen molar-refractivity contribution in [1.29, 1.82) is 0 Å². The zero-order valence-corrected chi connectivity index (χ0v) is 21.0. The van der Waals surface area contributed by atoms with E-state index in [-0.39, 0.29) is 17.4 Å². The Morgan fingerprint density at radius 3 is 2.75 bits per heavy atom. The standard InChI is InChI=1S/C26H30ClFN4O4/c1-2-3-25(32-7-10-33-11-8-32)36-24-14-22-19(13-23(24)35-18-6-9-34-15-18)26(30-16-29-22)31-17-4-5-21(28)20(27)12-17/h4-5,12-14,16,18,25H,2-3,6-11,15H2,1H3,(H,29,30,31). The zero-order valence-electron chi connectivity index (χ0n) is 20.2. The van der Waals surface area contributed by atoms with Crippen molar-refractivity contribution in [3.63, 3.8) is 0 Å². The van der Waals surface area contributed by atoms with Crippen LogP contribution in [0.5, 0.6) is 11.5 Å². The van der Waals surface area contributed by atoms with Crippen LogP contribution in [0.1, 0.15) is 26.2 Å². The van der Waals surface area contributed by atoms with Gasteiger partial charge in [0.25, 0.3) is 0 Å². The van der Waals surface area contributed by atoms with Crippen molar-refractivity contribution in [2.45, 2.75) is 38.5 Å². The quantitative estimate of drug-likeness (QED) is 0.417. The Balaban J connectivity index is 1.50. The minimum atomic E-state index is -0.479. The first-order chi connectivity index (χ1) is 17.6. The van der Waals surface area contributed by atoms with Gasteiger partial charge in [0.1, 0.15) is 24.1 Å². The number of benzene rings is 2. The maximum absolute atomic E-state index is 13.6. The number of hydrogen-bond acceptors (Lipinski definition) is 8. The highest BCUT2D eigenvalue weighted by molar-refractivity contribution is 6.31. The van der Waals surface area contributed by atoms with Crippen molar-refractivity contribution < 1.29 is 23.3 Å². The number of aromatic nitrogens is 2. The van der Waals surface area contributed by atoms with Crippen LogP contribution in [0.4, 0.5) is 15.9 Å². The topological polar surface area (TPSA) is 78.0 Å². The molecule has 192 valence electrons. The molecule has 10 heteroatoms. The van der Waals surface area contributed by atoms with Gasteiger partial charge in [0.2, 0.25) is 0 Å². The third kappa shape index (κ3) is 5.81. The summed E-state index contributed by atoms with van der Waals surface area (Å²) < 4.78 is 37.7. The van der Waals surface area contributed by atoms with Crippen molar-refractivity contribution in [3.05, 3.63) is 47.5 Å².